The Kier molecular flexibility index (Phi) is 5.22. The van der Waals surface area contributed by atoms with Crippen LogP contribution >= 0.6 is 0 Å². The molecule has 0 aromatic carbocycles. The van der Waals surface area contributed by atoms with E-state index in [4.69, 9.17) is 0 Å². The summed E-state index contributed by atoms with van der Waals surface area (Å²) in [5.74, 6) is -0.207. The van der Waals surface area contributed by atoms with Gasteiger partial charge in [0.1, 0.15) is 0 Å². The summed E-state index contributed by atoms with van der Waals surface area (Å²) in [5, 5.41) is 2.86. The van der Waals surface area contributed by atoms with Gasteiger partial charge in [-0.2, -0.15) is 0 Å². The first-order valence-corrected chi connectivity index (χ1v) is 8.43. The number of carbonyl (C=O) groups excluding carboxylic acids is 1. The summed E-state index contributed by atoms with van der Waals surface area (Å²) in [5.41, 5.74) is 4.44. The van der Waals surface area contributed by atoms with Gasteiger partial charge in [-0.1, -0.05) is 13.0 Å². The normalized spacial score (nSPS) is 10.5. The second kappa shape index (κ2) is 7.74. The fourth-order valence-electron chi connectivity index (χ4n) is 2.73. The number of nitrogens with zero attached hydrogens (tertiary/aromatic N) is 2. The molecule has 0 aliphatic carbocycles. The molecular weight excluding hydrogens is 328 g/mol. The minimum absolute atomic E-state index is 0.0768. The van der Waals surface area contributed by atoms with Crippen molar-refractivity contribution in [2.45, 2.75) is 26.8 Å². The molecule has 1 amide bonds. The number of carbonyl (C=O) groups is 1. The highest BCUT2D eigenvalue weighted by Gasteiger charge is 2.11. The highest BCUT2D eigenvalue weighted by Crippen LogP contribution is 2.22. The van der Waals surface area contributed by atoms with Gasteiger partial charge in [-0.25, -0.2) is 0 Å². The first-order valence-electron chi connectivity index (χ1n) is 8.43. The van der Waals surface area contributed by atoms with E-state index in [2.05, 4.69) is 20.3 Å². The monoisotopic (exact) mass is 348 g/mol. The van der Waals surface area contributed by atoms with E-state index >= 15 is 0 Å². The summed E-state index contributed by atoms with van der Waals surface area (Å²) in [7, 11) is 0. The molecule has 6 heteroatoms. The lowest BCUT2D eigenvalue weighted by molar-refractivity contribution is 0.0950. The Morgan fingerprint density at radius 2 is 2.04 bits per heavy atom. The van der Waals surface area contributed by atoms with Crippen LogP contribution in [0.2, 0.25) is 0 Å². The van der Waals surface area contributed by atoms with Crippen molar-refractivity contribution in [3.63, 3.8) is 0 Å². The van der Waals surface area contributed by atoms with Gasteiger partial charge >= 0.3 is 0 Å². The van der Waals surface area contributed by atoms with Crippen molar-refractivity contribution in [3.05, 3.63) is 81.8 Å². The van der Waals surface area contributed by atoms with Gasteiger partial charge < -0.3 is 10.3 Å². The van der Waals surface area contributed by atoms with Crippen molar-refractivity contribution >= 4 is 5.91 Å². The van der Waals surface area contributed by atoms with Crippen molar-refractivity contribution < 1.29 is 4.79 Å². The summed E-state index contributed by atoms with van der Waals surface area (Å²) < 4.78 is 0. The van der Waals surface area contributed by atoms with Crippen LogP contribution in [0.3, 0.4) is 0 Å². The van der Waals surface area contributed by atoms with Crippen molar-refractivity contribution in [3.8, 4) is 11.1 Å². The fourth-order valence-corrected chi connectivity index (χ4v) is 2.73. The number of nitrogens with one attached hydrogen (secondary N) is 2. The van der Waals surface area contributed by atoms with E-state index in [1.54, 1.807) is 24.7 Å². The molecule has 0 bridgehead atoms. The number of H-pyrrole nitrogens is 1. The van der Waals surface area contributed by atoms with Crippen LogP contribution in [0.1, 0.15) is 34.1 Å². The number of hydrogen-bond acceptors (Lipinski definition) is 4. The van der Waals surface area contributed by atoms with Crippen LogP contribution in [0.5, 0.6) is 0 Å². The molecule has 0 spiro atoms. The second-order valence-corrected chi connectivity index (χ2v) is 6.02. The van der Waals surface area contributed by atoms with Crippen LogP contribution in [0.25, 0.3) is 11.1 Å². The first-order chi connectivity index (χ1) is 12.6. The van der Waals surface area contributed by atoms with E-state index in [0.717, 1.165) is 22.4 Å². The van der Waals surface area contributed by atoms with Crippen LogP contribution in [0, 0.1) is 6.92 Å². The molecule has 6 nitrogen and oxygen atoms in total. The zero-order chi connectivity index (χ0) is 18.5. The third-order valence-electron chi connectivity index (χ3n) is 4.18. The second-order valence-electron chi connectivity index (χ2n) is 6.02. The van der Waals surface area contributed by atoms with E-state index in [9.17, 15) is 9.59 Å². The minimum atomic E-state index is -0.207. The summed E-state index contributed by atoms with van der Waals surface area (Å²) >= 11 is 0. The molecule has 26 heavy (non-hydrogen) atoms. The van der Waals surface area contributed by atoms with Crippen molar-refractivity contribution in [2.75, 3.05) is 0 Å². The molecular formula is C20H20N4O2. The maximum atomic E-state index is 12.4. The molecule has 3 heterocycles. The number of aromatic nitrogens is 3. The van der Waals surface area contributed by atoms with Gasteiger partial charge in [-0.05, 0) is 37.1 Å². The van der Waals surface area contributed by atoms with Gasteiger partial charge in [0.05, 0.1) is 5.56 Å². The van der Waals surface area contributed by atoms with Crippen LogP contribution in [-0.4, -0.2) is 20.9 Å². The number of hydrogen-bond donors (Lipinski definition) is 2. The number of amides is 1. The Morgan fingerprint density at radius 3 is 2.77 bits per heavy atom. The van der Waals surface area contributed by atoms with Gasteiger partial charge in [0, 0.05) is 53.7 Å². The van der Waals surface area contributed by atoms with E-state index in [1.165, 1.54) is 6.20 Å². The molecule has 3 aromatic heterocycles. The molecule has 0 saturated heterocycles. The Hall–Kier alpha value is -3.28. The molecule has 0 aliphatic heterocycles. The van der Waals surface area contributed by atoms with Crippen molar-refractivity contribution in [1.82, 2.24) is 20.3 Å². The Labute approximate surface area is 151 Å². The number of aryl methyl sites for hydroxylation is 2. The van der Waals surface area contributed by atoms with Gasteiger partial charge in [0.2, 0.25) is 0 Å². The van der Waals surface area contributed by atoms with E-state index in [0.29, 0.717) is 24.1 Å². The molecule has 0 atom stereocenters. The van der Waals surface area contributed by atoms with Crippen LogP contribution in [0.15, 0.2) is 53.8 Å². The van der Waals surface area contributed by atoms with Crippen LogP contribution in [0.4, 0.5) is 0 Å². The molecule has 2 N–H and O–H groups in total. The third-order valence-corrected chi connectivity index (χ3v) is 4.18. The average molecular weight is 348 g/mol. The summed E-state index contributed by atoms with van der Waals surface area (Å²) in [4.78, 5) is 35.4. The lowest BCUT2D eigenvalue weighted by atomic mass is 10.0. The molecule has 0 radical (unpaired) electrons. The Bertz CT molecular complexity index is 981. The van der Waals surface area contributed by atoms with Crippen molar-refractivity contribution in [1.29, 1.82) is 0 Å². The minimum Gasteiger partial charge on any atom is -0.348 e. The molecule has 0 aliphatic rings. The predicted octanol–water partition coefficient (Wildman–Crippen LogP) is 2.63. The average Bonchev–Trinajstić information content (AvgIpc) is 2.67. The van der Waals surface area contributed by atoms with Gasteiger partial charge in [0.25, 0.3) is 11.5 Å². The van der Waals surface area contributed by atoms with Crippen LogP contribution < -0.4 is 10.9 Å². The standard InChI is InChI=1S/C20H20N4O2/c1-3-15-8-18(13(2)24-20(15)26)16-7-17(12-22-11-16)19(25)23-10-14-5-4-6-21-9-14/h4-9,11-12H,3,10H2,1-2H3,(H,23,25)(H,24,26). The van der Waals surface area contributed by atoms with Crippen molar-refractivity contribution in [2.24, 2.45) is 0 Å². The van der Waals surface area contributed by atoms with E-state index < -0.39 is 0 Å². The molecule has 3 rings (SSSR count). The van der Waals surface area contributed by atoms with Gasteiger partial charge in [0.15, 0.2) is 0 Å². The topological polar surface area (TPSA) is 87.7 Å². The fraction of sp³-hybridized carbons (Fsp3) is 0.200. The highest BCUT2D eigenvalue weighted by molar-refractivity contribution is 5.95. The zero-order valence-electron chi connectivity index (χ0n) is 14.7. The lowest BCUT2D eigenvalue weighted by Gasteiger charge is -2.10. The molecule has 0 saturated carbocycles. The number of rotatable bonds is 5. The van der Waals surface area contributed by atoms with Gasteiger partial charge in [-0.3, -0.25) is 19.6 Å². The van der Waals surface area contributed by atoms with E-state index in [-0.39, 0.29) is 11.5 Å². The zero-order valence-corrected chi connectivity index (χ0v) is 14.7. The Morgan fingerprint density at radius 1 is 1.19 bits per heavy atom. The number of pyridine rings is 3. The molecule has 132 valence electrons. The molecule has 3 aromatic rings. The first kappa shape index (κ1) is 17.5. The largest absolute Gasteiger partial charge is 0.348 e. The number of aromatic amines is 1. The third kappa shape index (κ3) is 3.85. The summed E-state index contributed by atoms with van der Waals surface area (Å²) in [6.45, 7) is 4.17. The van der Waals surface area contributed by atoms with Gasteiger partial charge in [-0.15, -0.1) is 0 Å². The molecule has 0 unspecified atom stereocenters. The quantitative estimate of drug-likeness (QED) is 0.742. The predicted molar refractivity (Wildman–Crippen MR) is 99.8 cm³/mol. The van der Waals surface area contributed by atoms with E-state index in [1.807, 2.05) is 32.0 Å². The maximum absolute atomic E-state index is 12.4. The smallest absolute Gasteiger partial charge is 0.253 e. The summed E-state index contributed by atoms with van der Waals surface area (Å²) in [6.07, 6.45) is 7.27. The SMILES string of the molecule is CCc1cc(-c2cncc(C(=O)NCc3cccnc3)c2)c(C)[nH]c1=O. The lowest BCUT2D eigenvalue weighted by Crippen LogP contribution is -2.23. The molecule has 0 fully saturated rings. The maximum Gasteiger partial charge on any atom is 0.253 e. The Balaban J connectivity index is 1.84. The summed E-state index contributed by atoms with van der Waals surface area (Å²) in [6, 6.07) is 7.38. The van der Waals surface area contributed by atoms with Crippen LogP contribution in [-0.2, 0) is 13.0 Å². The highest BCUT2D eigenvalue weighted by atomic mass is 16.1.